The summed E-state index contributed by atoms with van der Waals surface area (Å²) in [5.41, 5.74) is 0. The highest BCUT2D eigenvalue weighted by Crippen LogP contribution is 2.27. The van der Waals surface area contributed by atoms with E-state index in [1.54, 1.807) is 0 Å². The molecule has 18 heavy (non-hydrogen) atoms. The normalized spacial score (nSPS) is 46.2. The number of aliphatic carboxylic acids is 1. The van der Waals surface area contributed by atoms with Crippen molar-refractivity contribution in [2.75, 3.05) is 13.2 Å². The second-order valence-corrected chi connectivity index (χ2v) is 4.71. The summed E-state index contributed by atoms with van der Waals surface area (Å²) in [6.07, 6.45) is -5.82. The Labute approximate surface area is 103 Å². The molecule has 0 aromatic carbocycles. The molecule has 6 atom stereocenters. The van der Waals surface area contributed by atoms with Crippen molar-refractivity contribution in [2.24, 2.45) is 0 Å². The minimum atomic E-state index is -1.42. The largest absolute Gasteiger partial charge is 0.480 e. The molecular formula is C10H17NO7. The summed E-state index contributed by atoms with van der Waals surface area (Å²) < 4.78 is 5.18. The van der Waals surface area contributed by atoms with Gasteiger partial charge in [-0.3, -0.25) is 9.69 Å². The van der Waals surface area contributed by atoms with Gasteiger partial charge in [0.2, 0.25) is 0 Å². The number of nitrogens with zero attached hydrogens (tertiary/aromatic N) is 1. The number of ether oxygens (including phenoxy) is 1. The molecule has 0 spiro atoms. The average Bonchev–Trinajstić information content (AvgIpc) is 2.68. The number of hydrogen-bond acceptors (Lipinski definition) is 7. The van der Waals surface area contributed by atoms with Gasteiger partial charge in [-0.15, -0.1) is 0 Å². The van der Waals surface area contributed by atoms with Crippen LogP contribution >= 0.6 is 0 Å². The number of rotatable bonds is 2. The molecule has 0 aromatic rings. The lowest BCUT2D eigenvalue weighted by molar-refractivity contribution is -0.232. The highest BCUT2D eigenvalue weighted by Gasteiger charge is 2.47. The third-order valence-corrected chi connectivity index (χ3v) is 3.40. The van der Waals surface area contributed by atoms with Gasteiger partial charge in [0, 0.05) is 13.0 Å². The van der Waals surface area contributed by atoms with Gasteiger partial charge in [-0.1, -0.05) is 0 Å². The van der Waals surface area contributed by atoms with Crippen LogP contribution in [0.5, 0.6) is 0 Å². The van der Waals surface area contributed by atoms with E-state index in [9.17, 15) is 25.2 Å². The van der Waals surface area contributed by atoms with E-state index in [0.717, 1.165) is 0 Å². The minimum Gasteiger partial charge on any atom is -0.480 e. The molecule has 0 aliphatic carbocycles. The number of hydrogen-bond donors (Lipinski definition) is 5. The molecule has 0 radical (unpaired) electrons. The molecule has 8 nitrogen and oxygen atoms in total. The molecule has 0 amide bonds. The van der Waals surface area contributed by atoms with Crippen molar-refractivity contribution in [3.8, 4) is 0 Å². The fourth-order valence-electron chi connectivity index (χ4n) is 2.44. The van der Waals surface area contributed by atoms with Gasteiger partial charge in [-0.2, -0.15) is 0 Å². The van der Waals surface area contributed by atoms with Crippen LogP contribution in [0.3, 0.4) is 0 Å². The van der Waals surface area contributed by atoms with Crippen molar-refractivity contribution in [2.45, 2.75) is 43.1 Å². The summed E-state index contributed by atoms with van der Waals surface area (Å²) in [7, 11) is 0. The Hall–Kier alpha value is -0.770. The van der Waals surface area contributed by atoms with E-state index in [4.69, 9.17) is 9.84 Å². The molecular weight excluding hydrogens is 246 g/mol. The van der Waals surface area contributed by atoms with Crippen molar-refractivity contribution < 1.29 is 35.1 Å². The third-order valence-electron chi connectivity index (χ3n) is 3.40. The van der Waals surface area contributed by atoms with E-state index in [2.05, 4.69) is 0 Å². The van der Waals surface area contributed by atoms with Crippen LogP contribution in [0.2, 0.25) is 0 Å². The molecule has 104 valence electrons. The zero-order valence-electron chi connectivity index (χ0n) is 9.59. The second kappa shape index (κ2) is 5.08. The lowest BCUT2D eigenvalue weighted by Crippen LogP contribution is -2.60. The first kappa shape index (κ1) is 13.7. The fourth-order valence-corrected chi connectivity index (χ4v) is 2.44. The smallest absolute Gasteiger partial charge is 0.321 e. The first-order valence-corrected chi connectivity index (χ1v) is 5.74. The maximum Gasteiger partial charge on any atom is 0.321 e. The average molecular weight is 263 g/mol. The zero-order valence-corrected chi connectivity index (χ0v) is 9.59. The van der Waals surface area contributed by atoms with Crippen molar-refractivity contribution >= 4 is 5.97 Å². The summed E-state index contributed by atoms with van der Waals surface area (Å²) in [5, 5.41) is 47.2. The Morgan fingerprint density at radius 3 is 2.44 bits per heavy atom. The standard InChI is InChI=1S/C10H17NO7/c12-4-1-5(10(16)17)11(2-4)9-8(15)7(14)6(13)3-18-9/h4-9,12-15H,1-3H2,(H,16,17)/t4-,5+,6-,7-,8+,9-/m1/s1. The Morgan fingerprint density at radius 2 is 1.83 bits per heavy atom. The Morgan fingerprint density at radius 1 is 1.17 bits per heavy atom. The minimum absolute atomic E-state index is 0.0422. The van der Waals surface area contributed by atoms with Gasteiger partial charge in [0.05, 0.1) is 12.7 Å². The van der Waals surface area contributed by atoms with Gasteiger partial charge >= 0.3 is 5.97 Å². The Balaban J connectivity index is 2.12. The molecule has 5 N–H and O–H groups in total. The molecule has 2 heterocycles. The molecule has 2 saturated heterocycles. The van der Waals surface area contributed by atoms with Gasteiger partial charge in [0.15, 0.2) is 0 Å². The van der Waals surface area contributed by atoms with Crippen LogP contribution < -0.4 is 0 Å². The van der Waals surface area contributed by atoms with Crippen molar-refractivity contribution in [3.63, 3.8) is 0 Å². The fraction of sp³-hybridized carbons (Fsp3) is 0.900. The topological polar surface area (TPSA) is 131 Å². The number of carbonyl (C=O) groups is 1. The van der Waals surface area contributed by atoms with Crippen LogP contribution in [-0.4, -0.2) is 86.2 Å². The number of carboxylic acids is 1. The molecule has 0 bridgehead atoms. The highest BCUT2D eigenvalue weighted by molar-refractivity contribution is 5.74. The highest BCUT2D eigenvalue weighted by atomic mass is 16.5. The monoisotopic (exact) mass is 263 g/mol. The molecule has 2 aliphatic heterocycles. The predicted molar refractivity (Wildman–Crippen MR) is 56.5 cm³/mol. The van der Waals surface area contributed by atoms with Gasteiger partial charge in [0.25, 0.3) is 0 Å². The predicted octanol–water partition coefficient (Wildman–Crippen LogP) is -3.05. The molecule has 0 saturated carbocycles. The second-order valence-electron chi connectivity index (χ2n) is 4.71. The lowest BCUT2D eigenvalue weighted by Gasteiger charge is -2.41. The molecule has 0 unspecified atom stereocenters. The first-order valence-electron chi connectivity index (χ1n) is 5.74. The van der Waals surface area contributed by atoms with Crippen molar-refractivity contribution in [3.05, 3.63) is 0 Å². The number of likely N-dealkylation sites (tertiary alicyclic amines) is 1. The van der Waals surface area contributed by atoms with E-state index >= 15 is 0 Å². The molecule has 2 aliphatic rings. The van der Waals surface area contributed by atoms with Gasteiger partial charge in [-0.25, -0.2) is 0 Å². The summed E-state index contributed by atoms with van der Waals surface area (Å²) in [4.78, 5) is 12.3. The molecule has 8 heteroatoms. The summed E-state index contributed by atoms with van der Waals surface area (Å²) >= 11 is 0. The van der Waals surface area contributed by atoms with Crippen LogP contribution in [0.4, 0.5) is 0 Å². The first-order chi connectivity index (χ1) is 8.41. The zero-order chi connectivity index (χ0) is 13.4. The van der Waals surface area contributed by atoms with E-state index in [-0.39, 0.29) is 19.6 Å². The molecule has 2 fully saturated rings. The lowest BCUT2D eigenvalue weighted by atomic mass is 10.0. The Kier molecular flexibility index (Phi) is 3.85. The Bertz CT molecular complexity index is 325. The van der Waals surface area contributed by atoms with Gasteiger partial charge < -0.3 is 30.3 Å². The third kappa shape index (κ3) is 2.35. The van der Waals surface area contributed by atoms with Crippen LogP contribution in [0, 0.1) is 0 Å². The van der Waals surface area contributed by atoms with Crippen LogP contribution in [0.25, 0.3) is 0 Å². The number of carboxylic acid groups (broad SMARTS) is 1. The summed E-state index contributed by atoms with van der Waals surface area (Å²) in [6.45, 7) is -0.149. The maximum atomic E-state index is 11.1. The van der Waals surface area contributed by atoms with Gasteiger partial charge in [-0.05, 0) is 0 Å². The van der Waals surface area contributed by atoms with Crippen molar-refractivity contribution in [1.29, 1.82) is 0 Å². The quantitative estimate of drug-likeness (QED) is 0.355. The van der Waals surface area contributed by atoms with E-state index in [0.29, 0.717) is 0 Å². The van der Waals surface area contributed by atoms with Crippen molar-refractivity contribution in [1.82, 2.24) is 4.90 Å². The summed E-state index contributed by atoms with van der Waals surface area (Å²) in [5.74, 6) is -1.12. The van der Waals surface area contributed by atoms with E-state index in [1.165, 1.54) is 4.90 Å². The van der Waals surface area contributed by atoms with E-state index in [1.807, 2.05) is 0 Å². The number of aliphatic hydroxyl groups is 4. The number of aliphatic hydroxyl groups excluding tert-OH is 4. The van der Waals surface area contributed by atoms with Gasteiger partial charge in [0.1, 0.15) is 30.6 Å². The summed E-state index contributed by atoms with van der Waals surface area (Å²) in [6, 6.07) is -0.970. The van der Waals surface area contributed by atoms with Crippen LogP contribution in [0.1, 0.15) is 6.42 Å². The SMILES string of the molecule is O=C(O)[C@@H]1C[C@@H](O)CN1[C@@H]1OC[C@@H](O)[C@@H](O)[C@@H]1O. The van der Waals surface area contributed by atoms with Crippen LogP contribution in [0.15, 0.2) is 0 Å². The molecule has 0 aromatic heterocycles. The maximum absolute atomic E-state index is 11.1. The van der Waals surface area contributed by atoms with E-state index < -0.39 is 42.7 Å². The molecule has 2 rings (SSSR count). The van der Waals surface area contributed by atoms with Crippen LogP contribution in [-0.2, 0) is 9.53 Å². The number of β-amino-alcohol motifs (C(OH)–C–C–N with tert-alkyl or cyclic N) is 1.